The lowest BCUT2D eigenvalue weighted by Crippen LogP contribution is -2.38. The van der Waals surface area contributed by atoms with Gasteiger partial charge in [-0.15, -0.1) is 0 Å². The average Bonchev–Trinajstić information content (AvgIpc) is 2.95. The number of hydrogen-bond acceptors (Lipinski definition) is 8. The van der Waals surface area contributed by atoms with Gasteiger partial charge in [-0.1, -0.05) is 63.9 Å². The van der Waals surface area contributed by atoms with Crippen LogP contribution in [0.2, 0.25) is 0 Å². The molecule has 0 radical (unpaired) electrons. The van der Waals surface area contributed by atoms with Gasteiger partial charge in [0.1, 0.15) is 6.61 Å². The van der Waals surface area contributed by atoms with Crippen molar-refractivity contribution in [2.75, 3.05) is 19.8 Å². The molecule has 3 N–H and O–H groups in total. The number of unbranched alkanes of at least 4 members (excludes halogenated alkanes) is 2. The van der Waals surface area contributed by atoms with Gasteiger partial charge in [0.25, 0.3) is 0 Å². The lowest BCUT2D eigenvalue weighted by Gasteiger charge is -2.13. The van der Waals surface area contributed by atoms with E-state index in [1.807, 2.05) is 38.1 Å². The Morgan fingerprint density at radius 2 is 1.27 bits per heavy atom. The lowest BCUT2D eigenvalue weighted by atomic mass is 10.1. The molecule has 0 fully saturated rings. The van der Waals surface area contributed by atoms with Crippen molar-refractivity contribution < 1.29 is 33.7 Å². The molecule has 0 aliphatic carbocycles. The third kappa shape index (κ3) is 19.9. The Morgan fingerprint density at radius 1 is 0.805 bits per heavy atom. The Labute approximate surface area is 246 Å². The molecule has 230 valence electrons. The van der Waals surface area contributed by atoms with Crippen molar-refractivity contribution >= 4 is 18.0 Å². The summed E-state index contributed by atoms with van der Waals surface area (Å²) in [6.45, 7) is 8.18. The van der Waals surface area contributed by atoms with Crippen LogP contribution in [0.15, 0.2) is 73.3 Å². The highest BCUT2D eigenvalue weighted by Gasteiger charge is 2.12. The highest BCUT2D eigenvalue weighted by molar-refractivity contribution is 5.89. The van der Waals surface area contributed by atoms with Crippen LogP contribution < -0.4 is 10.9 Å². The minimum atomic E-state index is -0.532. The molecule has 0 heterocycles. The van der Waals surface area contributed by atoms with Gasteiger partial charge in [-0.3, -0.25) is 5.43 Å². The first-order chi connectivity index (χ1) is 18.9. The van der Waals surface area contributed by atoms with Crippen molar-refractivity contribution in [3.63, 3.8) is 0 Å². The van der Waals surface area contributed by atoms with Gasteiger partial charge in [0.15, 0.2) is 0 Å². The Balaban J connectivity index is 0. The topological polar surface area (TPSA) is 123 Å². The van der Waals surface area contributed by atoms with Crippen LogP contribution in [0.3, 0.4) is 0 Å². The minimum absolute atomic E-state index is 0. The summed E-state index contributed by atoms with van der Waals surface area (Å²) in [5, 5.41) is 8.63. The molecule has 2 aromatic rings. The first-order valence-corrected chi connectivity index (χ1v) is 13.3. The number of hydrazine groups is 1. The number of aliphatic hydroxyl groups excluding tert-OH is 1. The van der Waals surface area contributed by atoms with Gasteiger partial charge >= 0.3 is 18.0 Å². The van der Waals surface area contributed by atoms with Gasteiger partial charge in [-0.25, -0.2) is 19.8 Å². The third-order valence-corrected chi connectivity index (χ3v) is 5.34. The molecule has 2 atom stereocenters. The molecule has 2 aromatic carbocycles. The maximum absolute atomic E-state index is 11.8. The molecule has 0 aliphatic rings. The number of ether oxygens (including phenoxy) is 3. The standard InChI is InChI=1S/C17H24N2O4.C13H18O3.2CH4/c1-3-13-22-17(21)19-18-12-8-7-9-14(2)23-16(20)15-10-5-4-6-11-15;1-11(7-5-6-10-14)16-13(15)12-8-3-2-4-9-12;;/h3-6,10-11,14,18H,1,7-9,12-13H2,2H3,(H,19,21);2-4,8-9,11,14H,5-7,10H2,1H3;2*1H4/t14-;11-;;/m11../s1. The van der Waals surface area contributed by atoms with E-state index in [0.29, 0.717) is 17.7 Å². The number of esters is 2. The van der Waals surface area contributed by atoms with E-state index in [1.165, 1.54) is 6.08 Å². The van der Waals surface area contributed by atoms with Gasteiger partial charge in [-0.2, -0.15) is 0 Å². The predicted molar refractivity (Wildman–Crippen MR) is 164 cm³/mol. The van der Waals surface area contributed by atoms with Crippen LogP contribution in [-0.4, -0.2) is 55.1 Å². The second-order valence-electron chi connectivity index (χ2n) is 8.82. The second-order valence-corrected chi connectivity index (χ2v) is 8.82. The monoisotopic (exact) mass is 574 g/mol. The van der Waals surface area contributed by atoms with Crippen molar-refractivity contribution in [3.8, 4) is 0 Å². The van der Waals surface area contributed by atoms with Crippen LogP contribution >= 0.6 is 0 Å². The highest BCUT2D eigenvalue weighted by atomic mass is 16.6. The van der Waals surface area contributed by atoms with Crippen LogP contribution in [0.1, 0.15) is 87.9 Å². The van der Waals surface area contributed by atoms with E-state index in [2.05, 4.69) is 17.4 Å². The minimum Gasteiger partial charge on any atom is -0.459 e. The summed E-state index contributed by atoms with van der Waals surface area (Å²) in [6, 6.07) is 17.9. The van der Waals surface area contributed by atoms with Crippen LogP contribution in [0.25, 0.3) is 0 Å². The average molecular weight is 575 g/mol. The molecule has 0 aromatic heterocycles. The summed E-state index contributed by atoms with van der Waals surface area (Å²) in [5.41, 5.74) is 6.32. The van der Waals surface area contributed by atoms with Crippen molar-refractivity contribution in [1.82, 2.24) is 10.9 Å². The molecule has 0 aliphatic heterocycles. The van der Waals surface area contributed by atoms with Gasteiger partial charge in [-0.05, 0) is 76.6 Å². The smallest absolute Gasteiger partial charge is 0.421 e. The summed E-state index contributed by atoms with van der Waals surface area (Å²) < 4.78 is 15.4. The highest BCUT2D eigenvalue weighted by Crippen LogP contribution is 2.09. The zero-order valence-electron chi connectivity index (χ0n) is 23.0. The summed E-state index contributed by atoms with van der Waals surface area (Å²) in [5.74, 6) is -0.583. The lowest BCUT2D eigenvalue weighted by molar-refractivity contribution is 0.0308. The Kier molecular flexibility index (Phi) is 24.3. The van der Waals surface area contributed by atoms with E-state index < -0.39 is 6.09 Å². The number of carbonyl (C=O) groups is 3. The molecule has 2 rings (SSSR count). The summed E-state index contributed by atoms with van der Waals surface area (Å²) in [4.78, 5) is 34.6. The fraction of sp³-hybridized carbons (Fsp3) is 0.469. The molecule has 0 saturated carbocycles. The molecule has 0 bridgehead atoms. The van der Waals surface area contributed by atoms with Crippen molar-refractivity contribution in [2.24, 2.45) is 0 Å². The molecule has 9 nitrogen and oxygen atoms in total. The van der Waals surface area contributed by atoms with Crippen molar-refractivity contribution in [1.29, 1.82) is 0 Å². The van der Waals surface area contributed by atoms with E-state index in [4.69, 9.17) is 19.3 Å². The predicted octanol–water partition coefficient (Wildman–Crippen LogP) is 6.49. The van der Waals surface area contributed by atoms with Crippen LogP contribution in [-0.2, 0) is 14.2 Å². The fourth-order valence-corrected chi connectivity index (χ4v) is 3.26. The number of carbonyl (C=O) groups excluding carboxylic acids is 3. The molecule has 1 amide bonds. The van der Waals surface area contributed by atoms with E-state index in [-0.39, 0.29) is 52.2 Å². The first-order valence-electron chi connectivity index (χ1n) is 13.3. The number of benzene rings is 2. The zero-order valence-corrected chi connectivity index (χ0v) is 23.0. The maximum atomic E-state index is 11.8. The van der Waals surface area contributed by atoms with Gasteiger partial charge in [0.2, 0.25) is 0 Å². The molecular weight excluding hydrogens is 524 g/mol. The fourth-order valence-electron chi connectivity index (χ4n) is 3.26. The third-order valence-electron chi connectivity index (χ3n) is 5.34. The molecule has 0 spiro atoms. The largest absolute Gasteiger partial charge is 0.459 e. The molecule has 0 unspecified atom stereocenters. The van der Waals surface area contributed by atoms with E-state index >= 15 is 0 Å². The van der Waals surface area contributed by atoms with Crippen LogP contribution in [0.5, 0.6) is 0 Å². The number of nitrogens with one attached hydrogen (secondary N) is 2. The van der Waals surface area contributed by atoms with E-state index in [0.717, 1.165) is 38.5 Å². The van der Waals surface area contributed by atoms with Crippen molar-refractivity contribution in [3.05, 3.63) is 84.4 Å². The van der Waals surface area contributed by atoms with Crippen LogP contribution in [0, 0.1) is 0 Å². The number of aliphatic hydroxyl groups is 1. The zero-order chi connectivity index (χ0) is 28.7. The van der Waals surface area contributed by atoms with Gasteiger partial charge in [0, 0.05) is 13.2 Å². The molecule has 41 heavy (non-hydrogen) atoms. The molecule has 9 heteroatoms. The molecular formula is C32H50N2O7. The van der Waals surface area contributed by atoms with E-state index in [1.54, 1.807) is 36.4 Å². The SMILES string of the molecule is C.C.C=CCOC(=O)NNCCCC[C@@H](C)OC(=O)c1ccccc1.C[C@H](CCCCO)OC(=O)c1ccccc1. The number of rotatable bonds is 16. The summed E-state index contributed by atoms with van der Waals surface area (Å²) in [6.07, 6.45) is 5.63. The maximum Gasteiger partial charge on any atom is 0.421 e. The van der Waals surface area contributed by atoms with Crippen molar-refractivity contribution in [2.45, 2.75) is 79.4 Å². The Bertz CT molecular complexity index is 955. The first kappa shape index (κ1) is 39.5. The second kappa shape index (κ2) is 25.3. The van der Waals surface area contributed by atoms with Gasteiger partial charge < -0.3 is 19.3 Å². The molecule has 0 saturated heterocycles. The number of hydrogen-bond donors (Lipinski definition) is 3. The Hall–Kier alpha value is -3.69. The summed E-state index contributed by atoms with van der Waals surface area (Å²) >= 11 is 0. The van der Waals surface area contributed by atoms with Gasteiger partial charge in [0.05, 0.1) is 23.3 Å². The van der Waals surface area contributed by atoms with E-state index in [9.17, 15) is 14.4 Å². The summed E-state index contributed by atoms with van der Waals surface area (Å²) in [7, 11) is 0. The Morgan fingerprint density at radius 3 is 1.71 bits per heavy atom. The number of amides is 1. The quantitative estimate of drug-likeness (QED) is 0.0684. The van der Waals surface area contributed by atoms with Crippen LogP contribution in [0.4, 0.5) is 4.79 Å². The normalized spacial score (nSPS) is 11.1.